The third-order valence-electron chi connectivity index (χ3n) is 3.69. The predicted octanol–water partition coefficient (Wildman–Crippen LogP) is 5.64. The number of carbonyl (C=O) groups is 2. The summed E-state index contributed by atoms with van der Waals surface area (Å²) in [4.78, 5) is 23.4. The Morgan fingerprint density at radius 1 is 1.00 bits per heavy atom. The van der Waals surface area contributed by atoms with Gasteiger partial charge in [-0.2, -0.15) is 26.3 Å². The van der Waals surface area contributed by atoms with Gasteiger partial charge in [-0.1, -0.05) is 12.1 Å². The second kappa shape index (κ2) is 7.46. The molecule has 0 fully saturated rings. The lowest BCUT2D eigenvalue weighted by Gasteiger charge is -2.20. The van der Waals surface area contributed by atoms with E-state index in [9.17, 15) is 41.0 Å². The average Bonchev–Trinajstić information content (AvgIpc) is 2.58. The quantitative estimate of drug-likeness (QED) is 0.465. The van der Waals surface area contributed by atoms with E-state index in [1.807, 2.05) is 0 Å². The third kappa shape index (κ3) is 4.13. The van der Waals surface area contributed by atoms with Crippen molar-refractivity contribution in [2.24, 2.45) is 0 Å². The number of aromatic carboxylic acids is 1. The number of rotatable bonds is 3. The highest BCUT2D eigenvalue weighted by Gasteiger charge is 2.41. The second-order valence-corrected chi connectivity index (χ2v) is 6.20. The van der Waals surface area contributed by atoms with Gasteiger partial charge in [0.15, 0.2) is 0 Å². The van der Waals surface area contributed by atoms with Crippen molar-refractivity contribution >= 4 is 27.9 Å². The molecule has 28 heavy (non-hydrogen) atoms. The Morgan fingerprint density at radius 3 is 1.93 bits per heavy atom. The molecule has 0 saturated heterocycles. The third-order valence-corrected chi connectivity index (χ3v) is 4.51. The zero-order valence-corrected chi connectivity index (χ0v) is 15.3. The fourth-order valence-corrected chi connectivity index (χ4v) is 3.11. The largest absolute Gasteiger partial charge is 0.478 e. The molecule has 0 bridgehead atoms. The summed E-state index contributed by atoms with van der Waals surface area (Å²) in [6.45, 7) is 0. The van der Waals surface area contributed by atoms with E-state index in [2.05, 4.69) is 20.7 Å². The Labute approximate surface area is 161 Å². The van der Waals surface area contributed by atoms with Crippen molar-refractivity contribution in [2.45, 2.75) is 12.4 Å². The molecule has 0 aliphatic carbocycles. The van der Waals surface area contributed by atoms with Crippen molar-refractivity contribution in [1.29, 1.82) is 0 Å². The van der Waals surface area contributed by atoms with Gasteiger partial charge in [0.05, 0.1) is 29.4 Å². The van der Waals surface area contributed by atoms with Crippen LogP contribution in [-0.4, -0.2) is 24.2 Å². The zero-order chi connectivity index (χ0) is 21.4. The number of carbonyl (C=O) groups excluding carboxylic acids is 1. The van der Waals surface area contributed by atoms with E-state index in [1.165, 1.54) is 0 Å². The van der Waals surface area contributed by atoms with Gasteiger partial charge in [-0.05, 0) is 45.3 Å². The van der Waals surface area contributed by atoms with Gasteiger partial charge in [-0.15, -0.1) is 0 Å². The molecule has 0 unspecified atom stereocenters. The maximum atomic E-state index is 13.7. The monoisotopic (exact) mass is 470 g/mol. The van der Waals surface area contributed by atoms with Crippen LogP contribution in [0, 0.1) is 0 Å². The lowest BCUT2D eigenvalue weighted by Crippen LogP contribution is -2.19. The lowest BCUT2D eigenvalue weighted by atomic mass is 9.91. The fourth-order valence-electron chi connectivity index (χ4n) is 2.47. The van der Waals surface area contributed by atoms with Crippen LogP contribution in [0.25, 0.3) is 11.1 Å². The first-order valence-electron chi connectivity index (χ1n) is 7.22. The summed E-state index contributed by atoms with van der Waals surface area (Å²) < 4.78 is 82.9. The number of carboxylic acids is 1. The number of alkyl halides is 6. The molecule has 0 radical (unpaired) electrons. The predicted molar refractivity (Wildman–Crippen MR) is 87.9 cm³/mol. The summed E-state index contributed by atoms with van der Waals surface area (Å²) >= 11 is 2.68. The fraction of sp³-hybridized carbons (Fsp3) is 0.176. The first-order valence-corrected chi connectivity index (χ1v) is 8.01. The Bertz CT molecular complexity index is 933. The Balaban J connectivity index is 2.91. The van der Waals surface area contributed by atoms with Crippen LogP contribution in [0.1, 0.15) is 31.8 Å². The van der Waals surface area contributed by atoms with Gasteiger partial charge < -0.3 is 9.84 Å². The van der Waals surface area contributed by atoms with E-state index in [1.54, 1.807) is 0 Å². The molecule has 0 amide bonds. The molecule has 0 aliphatic heterocycles. The molecule has 1 N–H and O–H groups in total. The highest BCUT2D eigenvalue weighted by atomic mass is 79.9. The van der Waals surface area contributed by atoms with Crippen molar-refractivity contribution in [1.82, 2.24) is 0 Å². The number of methoxy groups -OCH3 is 1. The van der Waals surface area contributed by atoms with E-state index in [-0.39, 0.29) is 5.56 Å². The molecule has 150 valence electrons. The highest BCUT2D eigenvalue weighted by Crippen LogP contribution is 2.44. The zero-order valence-electron chi connectivity index (χ0n) is 13.7. The minimum atomic E-state index is -5.14. The molecule has 0 aliphatic rings. The number of halogens is 7. The SMILES string of the molecule is COC(=O)c1c(Br)c(C(=O)O)cc(-c2ccc(C(F)(F)F)cc2)c1C(F)(F)F. The molecule has 0 spiro atoms. The van der Waals surface area contributed by atoms with Crippen LogP contribution in [-0.2, 0) is 17.1 Å². The first-order chi connectivity index (χ1) is 12.8. The maximum Gasteiger partial charge on any atom is 0.417 e. The molecule has 0 saturated carbocycles. The summed E-state index contributed by atoms with van der Waals surface area (Å²) in [7, 11) is 0.806. The molecule has 2 aromatic rings. The molecule has 0 aromatic heterocycles. The van der Waals surface area contributed by atoms with Gasteiger partial charge in [0.25, 0.3) is 0 Å². The average molecular weight is 471 g/mol. The molecule has 4 nitrogen and oxygen atoms in total. The second-order valence-electron chi connectivity index (χ2n) is 5.41. The van der Waals surface area contributed by atoms with Crippen LogP contribution in [0.4, 0.5) is 26.3 Å². The van der Waals surface area contributed by atoms with E-state index < -0.39 is 56.6 Å². The lowest BCUT2D eigenvalue weighted by molar-refractivity contribution is -0.138. The van der Waals surface area contributed by atoms with Crippen LogP contribution in [0.3, 0.4) is 0 Å². The summed E-state index contributed by atoms with van der Waals surface area (Å²) in [5.41, 5.74) is -5.56. The number of benzene rings is 2. The molecular weight excluding hydrogens is 462 g/mol. The minimum absolute atomic E-state index is 0.361. The molecule has 2 aromatic carbocycles. The van der Waals surface area contributed by atoms with Gasteiger partial charge in [-0.25, -0.2) is 9.59 Å². The molecule has 0 heterocycles. The molecule has 11 heteroatoms. The maximum absolute atomic E-state index is 13.7. The molecule has 0 atom stereocenters. The van der Waals surface area contributed by atoms with Crippen LogP contribution in [0.2, 0.25) is 0 Å². The van der Waals surface area contributed by atoms with Crippen LogP contribution in [0.5, 0.6) is 0 Å². The van der Waals surface area contributed by atoms with Crippen LogP contribution >= 0.6 is 15.9 Å². The molecular formula is C17H9BrF6O4. The standard InChI is InChI=1S/C17H9BrF6O4/c1-28-15(27)11-12(17(22,23)24)9(6-10(13(11)18)14(25)26)7-2-4-8(5-3-7)16(19,20)21/h2-6H,1H3,(H,25,26). The normalized spacial score (nSPS) is 12.0. The summed E-state index contributed by atoms with van der Waals surface area (Å²) in [6, 6.07) is 3.25. The van der Waals surface area contributed by atoms with Crippen molar-refractivity contribution in [3.63, 3.8) is 0 Å². The van der Waals surface area contributed by atoms with E-state index in [0.717, 1.165) is 19.2 Å². The number of ether oxygens (including phenoxy) is 1. The van der Waals surface area contributed by atoms with Crippen molar-refractivity contribution in [3.8, 4) is 11.1 Å². The van der Waals surface area contributed by atoms with Gasteiger partial charge in [-0.3, -0.25) is 0 Å². The van der Waals surface area contributed by atoms with Crippen molar-refractivity contribution in [3.05, 3.63) is 57.1 Å². The number of hydrogen-bond donors (Lipinski definition) is 1. The molecule has 2 rings (SSSR count). The van der Waals surface area contributed by atoms with Gasteiger partial charge in [0.2, 0.25) is 0 Å². The summed E-state index contributed by atoms with van der Waals surface area (Å²) in [6.07, 6.45) is -9.85. The summed E-state index contributed by atoms with van der Waals surface area (Å²) in [5.74, 6) is -3.12. The van der Waals surface area contributed by atoms with E-state index in [0.29, 0.717) is 18.2 Å². The minimum Gasteiger partial charge on any atom is -0.478 e. The highest BCUT2D eigenvalue weighted by molar-refractivity contribution is 9.10. The smallest absolute Gasteiger partial charge is 0.417 e. The Morgan fingerprint density at radius 2 is 1.54 bits per heavy atom. The van der Waals surface area contributed by atoms with E-state index in [4.69, 9.17) is 0 Å². The summed E-state index contributed by atoms with van der Waals surface area (Å²) in [5, 5.41) is 9.25. The number of esters is 1. The van der Waals surface area contributed by atoms with Crippen LogP contribution < -0.4 is 0 Å². The number of carboxylic acid groups (broad SMARTS) is 1. The van der Waals surface area contributed by atoms with Gasteiger partial charge >= 0.3 is 24.3 Å². The van der Waals surface area contributed by atoms with Crippen LogP contribution in [0.15, 0.2) is 34.8 Å². The van der Waals surface area contributed by atoms with Gasteiger partial charge in [0.1, 0.15) is 0 Å². The van der Waals surface area contributed by atoms with E-state index >= 15 is 0 Å². The van der Waals surface area contributed by atoms with Crippen molar-refractivity contribution < 1.29 is 45.8 Å². The van der Waals surface area contributed by atoms with Crippen molar-refractivity contribution in [2.75, 3.05) is 7.11 Å². The Kier molecular flexibility index (Phi) is 5.79. The number of hydrogen-bond acceptors (Lipinski definition) is 3. The topological polar surface area (TPSA) is 63.6 Å². The Hall–Kier alpha value is -2.56. The first kappa shape index (κ1) is 21.7. The van der Waals surface area contributed by atoms with Gasteiger partial charge in [0, 0.05) is 4.47 Å².